The maximum absolute atomic E-state index is 12.5. The number of ketones is 1. The molecule has 0 amide bonds. The zero-order valence-corrected chi connectivity index (χ0v) is 16.1. The summed E-state index contributed by atoms with van der Waals surface area (Å²) in [6, 6.07) is 5.18. The standard InChI is InChI=1S/C17H23N3O4S/c1-11-17(25(22,23)19(4)5)12(2)20(18-11)10-15-9-14(13(3)21)7-8-16(15)24-6/h7-9H,10H2,1-6H3. The normalized spacial score (nSPS) is 11.8. The Hall–Kier alpha value is -2.19. The van der Waals surface area contributed by atoms with Crippen LogP contribution in [-0.2, 0) is 16.6 Å². The summed E-state index contributed by atoms with van der Waals surface area (Å²) in [5, 5.41) is 4.37. The second kappa shape index (κ2) is 6.97. The van der Waals surface area contributed by atoms with Gasteiger partial charge in [0.1, 0.15) is 10.6 Å². The van der Waals surface area contributed by atoms with E-state index < -0.39 is 10.0 Å². The van der Waals surface area contributed by atoms with Crippen LogP contribution in [0.4, 0.5) is 0 Å². The lowest BCUT2D eigenvalue weighted by atomic mass is 10.1. The van der Waals surface area contributed by atoms with Crippen LogP contribution in [0.25, 0.3) is 0 Å². The fourth-order valence-electron chi connectivity index (χ4n) is 2.67. The molecule has 2 rings (SSSR count). The Morgan fingerprint density at radius 1 is 1.28 bits per heavy atom. The van der Waals surface area contributed by atoms with E-state index in [1.54, 1.807) is 43.8 Å². The summed E-state index contributed by atoms with van der Waals surface area (Å²) in [5.41, 5.74) is 2.31. The third kappa shape index (κ3) is 3.59. The number of aryl methyl sites for hydroxylation is 1. The van der Waals surface area contributed by atoms with Crippen molar-refractivity contribution in [3.05, 3.63) is 40.7 Å². The van der Waals surface area contributed by atoms with Crippen LogP contribution in [0.2, 0.25) is 0 Å². The molecule has 25 heavy (non-hydrogen) atoms. The first kappa shape index (κ1) is 19.1. The topological polar surface area (TPSA) is 81.5 Å². The highest BCUT2D eigenvalue weighted by molar-refractivity contribution is 7.89. The average molecular weight is 365 g/mol. The molecule has 0 fully saturated rings. The van der Waals surface area contributed by atoms with E-state index in [1.165, 1.54) is 25.3 Å². The number of rotatable bonds is 6. The molecular weight excluding hydrogens is 342 g/mol. The van der Waals surface area contributed by atoms with Gasteiger partial charge in [-0.05, 0) is 39.0 Å². The van der Waals surface area contributed by atoms with Crippen LogP contribution in [-0.4, -0.2) is 49.5 Å². The molecule has 0 unspecified atom stereocenters. The second-order valence-electron chi connectivity index (χ2n) is 6.03. The van der Waals surface area contributed by atoms with Crippen molar-refractivity contribution in [3.8, 4) is 5.75 Å². The lowest BCUT2D eigenvalue weighted by molar-refractivity contribution is 0.101. The van der Waals surface area contributed by atoms with E-state index in [1.807, 2.05) is 0 Å². The molecule has 0 saturated heterocycles. The lowest BCUT2D eigenvalue weighted by Crippen LogP contribution is -2.23. The Labute approximate surface area is 148 Å². The molecule has 2 aromatic rings. The second-order valence-corrected chi connectivity index (χ2v) is 8.12. The molecule has 1 aromatic carbocycles. The number of hydrogen-bond donors (Lipinski definition) is 0. The summed E-state index contributed by atoms with van der Waals surface area (Å²) in [6.07, 6.45) is 0. The van der Waals surface area contributed by atoms with Gasteiger partial charge < -0.3 is 4.74 Å². The summed E-state index contributed by atoms with van der Waals surface area (Å²) < 4.78 is 33.2. The number of methoxy groups -OCH3 is 1. The number of carbonyl (C=O) groups is 1. The molecular formula is C17H23N3O4S. The van der Waals surface area contributed by atoms with Crippen molar-refractivity contribution in [3.63, 3.8) is 0 Å². The summed E-state index contributed by atoms with van der Waals surface area (Å²) in [4.78, 5) is 11.8. The van der Waals surface area contributed by atoms with Crippen molar-refractivity contribution >= 4 is 15.8 Å². The fourth-order valence-corrected chi connectivity index (χ4v) is 3.93. The van der Waals surface area contributed by atoms with Gasteiger partial charge in [-0.1, -0.05) is 0 Å². The third-order valence-corrected chi connectivity index (χ3v) is 6.13. The predicted molar refractivity (Wildman–Crippen MR) is 94.7 cm³/mol. The van der Waals surface area contributed by atoms with Crippen molar-refractivity contribution in [2.24, 2.45) is 0 Å². The molecule has 0 N–H and O–H groups in total. The molecule has 1 aromatic heterocycles. The van der Waals surface area contributed by atoms with Gasteiger partial charge in [0, 0.05) is 25.2 Å². The third-order valence-electron chi connectivity index (χ3n) is 4.06. The van der Waals surface area contributed by atoms with Gasteiger partial charge in [0.25, 0.3) is 0 Å². The molecule has 1 heterocycles. The largest absolute Gasteiger partial charge is 0.496 e. The molecule has 0 spiro atoms. The summed E-state index contributed by atoms with van der Waals surface area (Å²) >= 11 is 0. The Kier molecular flexibility index (Phi) is 5.34. The molecule has 7 nitrogen and oxygen atoms in total. The maximum atomic E-state index is 12.5. The number of carbonyl (C=O) groups excluding carboxylic acids is 1. The highest BCUT2D eigenvalue weighted by Crippen LogP contribution is 2.26. The Bertz CT molecular complexity index is 914. The quantitative estimate of drug-likeness (QED) is 0.732. The van der Waals surface area contributed by atoms with Gasteiger partial charge in [-0.15, -0.1) is 0 Å². The van der Waals surface area contributed by atoms with E-state index in [0.717, 1.165) is 5.56 Å². The van der Waals surface area contributed by atoms with Crippen molar-refractivity contribution in [1.29, 1.82) is 0 Å². The van der Waals surface area contributed by atoms with Crippen molar-refractivity contribution < 1.29 is 17.9 Å². The number of aromatic nitrogens is 2. The number of Topliss-reactive ketones (excluding diaryl/α,β-unsaturated/α-hetero) is 1. The van der Waals surface area contributed by atoms with Gasteiger partial charge in [0.15, 0.2) is 5.78 Å². The van der Waals surface area contributed by atoms with Gasteiger partial charge in [-0.25, -0.2) is 12.7 Å². The number of nitrogens with zero attached hydrogens (tertiary/aromatic N) is 3. The Morgan fingerprint density at radius 3 is 2.44 bits per heavy atom. The minimum Gasteiger partial charge on any atom is -0.496 e. The number of benzene rings is 1. The summed E-state index contributed by atoms with van der Waals surface area (Å²) in [7, 11) is 0.951. The van der Waals surface area contributed by atoms with Crippen LogP contribution in [0.15, 0.2) is 23.1 Å². The van der Waals surface area contributed by atoms with Crippen molar-refractivity contribution in [1.82, 2.24) is 14.1 Å². The van der Waals surface area contributed by atoms with E-state index in [-0.39, 0.29) is 10.7 Å². The van der Waals surface area contributed by atoms with E-state index in [4.69, 9.17) is 4.74 Å². The van der Waals surface area contributed by atoms with Crippen LogP contribution < -0.4 is 4.74 Å². The van der Waals surface area contributed by atoms with Crippen LogP contribution in [0.5, 0.6) is 5.75 Å². The maximum Gasteiger partial charge on any atom is 0.246 e. The van der Waals surface area contributed by atoms with Gasteiger partial charge in [-0.2, -0.15) is 5.10 Å². The monoisotopic (exact) mass is 365 g/mol. The van der Waals surface area contributed by atoms with E-state index in [0.29, 0.717) is 29.2 Å². The molecule has 0 aliphatic rings. The Balaban J connectivity index is 2.53. The molecule has 0 bridgehead atoms. The molecule has 136 valence electrons. The van der Waals surface area contributed by atoms with Crippen LogP contribution in [0.1, 0.15) is 34.2 Å². The molecule has 0 aliphatic heterocycles. The van der Waals surface area contributed by atoms with Gasteiger partial charge in [-0.3, -0.25) is 9.48 Å². The first-order valence-electron chi connectivity index (χ1n) is 7.74. The first-order valence-corrected chi connectivity index (χ1v) is 9.18. The van der Waals surface area contributed by atoms with Crippen LogP contribution >= 0.6 is 0 Å². The predicted octanol–water partition coefficient (Wildman–Crippen LogP) is 2.01. The molecule has 0 atom stereocenters. The van der Waals surface area contributed by atoms with E-state index >= 15 is 0 Å². The highest BCUT2D eigenvalue weighted by Gasteiger charge is 2.27. The summed E-state index contributed by atoms with van der Waals surface area (Å²) in [5.74, 6) is 0.572. The first-order chi connectivity index (χ1) is 11.6. The minimum atomic E-state index is -3.58. The average Bonchev–Trinajstić information content (AvgIpc) is 2.81. The zero-order chi connectivity index (χ0) is 18.9. The Morgan fingerprint density at radius 2 is 1.92 bits per heavy atom. The van der Waals surface area contributed by atoms with Crippen LogP contribution in [0.3, 0.4) is 0 Å². The lowest BCUT2D eigenvalue weighted by Gasteiger charge is -2.13. The number of hydrogen-bond acceptors (Lipinski definition) is 5. The molecule has 0 radical (unpaired) electrons. The molecule has 0 aliphatic carbocycles. The minimum absolute atomic E-state index is 0.0480. The number of ether oxygens (including phenoxy) is 1. The zero-order valence-electron chi connectivity index (χ0n) is 15.3. The summed E-state index contributed by atoms with van der Waals surface area (Å²) in [6.45, 7) is 5.19. The van der Waals surface area contributed by atoms with Crippen molar-refractivity contribution in [2.75, 3.05) is 21.2 Å². The van der Waals surface area contributed by atoms with E-state index in [9.17, 15) is 13.2 Å². The fraction of sp³-hybridized carbons (Fsp3) is 0.412. The van der Waals surface area contributed by atoms with Gasteiger partial charge in [0.2, 0.25) is 10.0 Å². The molecule has 8 heteroatoms. The molecule has 0 saturated carbocycles. The highest BCUT2D eigenvalue weighted by atomic mass is 32.2. The number of sulfonamides is 1. The van der Waals surface area contributed by atoms with Crippen molar-refractivity contribution in [2.45, 2.75) is 32.2 Å². The van der Waals surface area contributed by atoms with Crippen LogP contribution in [0, 0.1) is 13.8 Å². The SMILES string of the molecule is COc1ccc(C(C)=O)cc1Cn1nc(C)c(S(=O)(=O)N(C)C)c1C. The van der Waals surface area contributed by atoms with Gasteiger partial charge in [0.05, 0.1) is 25.0 Å². The van der Waals surface area contributed by atoms with E-state index in [2.05, 4.69) is 5.10 Å². The van der Waals surface area contributed by atoms with Gasteiger partial charge >= 0.3 is 0 Å². The smallest absolute Gasteiger partial charge is 0.246 e.